The normalized spacial score (nSPS) is 28.3. The van der Waals surface area contributed by atoms with Crippen LogP contribution in [0.3, 0.4) is 0 Å². The van der Waals surface area contributed by atoms with Crippen LogP contribution in [0.1, 0.15) is 76.8 Å². The molecule has 3 rings (SSSR count). The van der Waals surface area contributed by atoms with Crippen molar-refractivity contribution in [3.63, 3.8) is 0 Å². The summed E-state index contributed by atoms with van der Waals surface area (Å²) in [5.41, 5.74) is 0.258. The van der Waals surface area contributed by atoms with Crippen molar-refractivity contribution >= 4 is 12.3 Å². The van der Waals surface area contributed by atoms with E-state index in [1.807, 2.05) is 18.5 Å². The van der Waals surface area contributed by atoms with Gasteiger partial charge < -0.3 is 14.5 Å². The molecule has 6 heteroatoms. The molecule has 1 aliphatic heterocycles. The lowest BCUT2D eigenvalue weighted by Gasteiger charge is -2.44. The zero-order chi connectivity index (χ0) is 24.0. The van der Waals surface area contributed by atoms with E-state index < -0.39 is 5.54 Å². The first-order chi connectivity index (χ1) is 15.9. The summed E-state index contributed by atoms with van der Waals surface area (Å²) in [6.07, 6.45) is 9.87. The molecule has 1 fully saturated rings. The molecule has 2 aliphatic rings. The molecule has 0 bridgehead atoms. The van der Waals surface area contributed by atoms with Crippen molar-refractivity contribution in [1.82, 2.24) is 9.80 Å². The molecule has 1 saturated carbocycles. The number of nitrogens with zero attached hydrogens (tertiary/aromatic N) is 3. The van der Waals surface area contributed by atoms with E-state index in [0.717, 1.165) is 63.5 Å². The Kier molecular flexibility index (Phi) is 8.91. The van der Waals surface area contributed by atoms with E-state index in [2.05, 4.69) is 37.7 Å². The Hall–Kier alpha value is -1.95. The molecule has 5 nitrogen and oxygen atoms in total. The zero-order valence-electron chi connectivity index (χ0n) is 21.1. The maximum atomic E-state index is 14.0. The second-order valence-corrected chi connectivity index (χ2v) is 10.1. The first-order valence-electron chi connectivity index (χ1n) is 12.7. The van der Waals surface area contributed by atoms with E-state index in [9.17, 15) is 9.18 Å². The van der Waals surface area contributed by atoms with Gasteiger partial charge in [0.2, 0.25) is 0 Å². The van der Waals surface area contributed by atoms with Crippen LogP contribution in [0.5, 0.6) is 0 Å². The lowest BCUT2D eigenvalue weighted by Crippen LogP contribution is -2.56. The van der Waals surface area contributed by atoms with Gasteiger partial charge in [0.15, 0.2) is 5.54 Å². The van der Waals surface area contributed by atoms with Crippen molar-refractivity contribution in [3.8, 4) is 0 Å². The number of benzene rings is 1. The lowest BCUT2D eigenvalue weighted by molar-refractivity contribution is -0.150. The quantitative estimate of drug-likeness (QED) is 0.436. The van der Waals surface area contributed by atoms with Gasteiger partial charge in [-0.25, -0.2) is 9.18 Å². The summed E-state index contributed by atoms with van der Waals surface area (Å²) >= 11 is 0. The maximum Gasteiger partial charge on any atom is 0.335 e. The molecule has 0 spiro atoms. The number of aliphatic imine (C=N–C) groups is 1. The van der Waals surface area contributed by atoms with Crippen molar-refractivity contribution in [2.75, 3.05) is 27.7 Å². The molecule has 0 saturated heterocycles. The van der Waals surface area contributed by atoms with E-state index in [4.69, 9.17) is 9.73 Å². The minimum absolute atomic E-state index is 0.0596. The number of halogens is 1. The van der Waals surface area contributed by atoms with Crippen LogP contribution in [0.25, 0.3) is 0 Å². The van der Waals surface area contributed by atoms with Gasteiger partial charge in [-0.2, -0.15) is 0 Å². The second kappa shape index (κ2) is 11.5. The Bertz CT molecular complexity index is 806. The van der Waals surface area contributed by atoms with Crippen molar-refractivity contribution in [2.24, 2.45) is 16.8 Å². The molecule has 3 unspecified atom stereocenters. The number of unbranched alkanes of at least 4 members (excludes halogenated alkanes) is 1. The topological polar surface area (TPSA) is 45.1 Å². The molecule has 0 radical (unpaired) electrons. The standard InChI is InChI=1S/C27H42FN3O2/c1-6-8-16-27(26(32)33-5)25(31(17-7-2)19-29-27)21-14-12-20(13-15-21)24(30(3)4)22-10-9-11-23(28)18-22/h9-11,18-21,24-25H,6-8,12-17H2,1-5H3. The van der Waals surface area contributed by atoms with Gasteiger partial charge in [-0.3, -0.25) is 4.99 Å². The molecular formula is C27H42FN3O2. The second-order valence-electron chi connectivity index (χ2n) is 10.1. The predicted octanol–water partition coefficient (Wildman–Crippen LogP) is 5.46. The van der Waals surface area contributed by atoms with Gasteiger partial charge in [0.05, 0.1) is 19.5 Å². The van der Waals surface area contributed by atoms with Gasteiger partial charge in [0.1, 0.15) is 5.82 Å². The summed E-state index contributed by atoms with van der Waals surface area (Å²) in [4.78, 5) is 22.5. The Morgan fingerprint density at radius 1 is 1.24 bits per heavy atom. The van der Waals surface area contributed by atoms with Gasteiger partial charge in [-0.15, -0.1) is 0 Å². The minimum Gasteiger partial charge on any atom is -0.467 e. The highest BCUT2D eigenvalue weighted by atomic mass is 19.1. The Balaban J connectivity index is 1.81. The molecule has 1 heterocycles. The average Bonchev–Trinajstić information content (AvgIpc) is 3.17. The van der Waals surface area contributed by atoms with Gasteiger partial charge in [0, 0.05) is 12.6 Å². The molecule has 3 atom stereocenters. The van der Waals surface area contributed by atoms with Crippen LogP contribution in [0, 0.1) is 17.7 Å². The van der Waals surface area contributed by atoms with E-state index in [0.29, 0.717) is 11.8 Å². The fraction of sp³-hybridized carbons (Fsp3) is 0.704. The first kappa shape index (κ1) is 25.7. The van der Waals surface area contributed by atoms with Crippen LogP contribution in [0.2, 0.25) is 0 Å². The zero-order valence-corrected chi connectivity index (χ0v) is 21.1. The number of rotatable bonds is 10. The Morgan fingerprint density at radius 2 is 1.97 bits per heavy atom. The molecule has 0 amide bonds. The molecule has 184 valence electrons. The van der Waals surface area contributed by atoms with Crippen LogP contribution < -0.4 is 0 Å². The average molecular weight is 460 g/mol. The van der Waals surface area contributed by atoms with Crippen LogP contribution in [-0.4, -0.2) is 61.4 Å². The van der Waals surface area contributed by atoms with E-state index in [-0.39, 0.29) is 23.9 Å². The lowest BCUT2D eigenvalue weighted by atomic mass is 9.69. The fourth-order valence-corrected chi connectivity index (χ4v) is 6.29. The number of hydrogen-bond donors (Lipinski definition) is 0. The van der Waals surface area contributed by atoms with Crippen LogP contribution in [-0.2, 0) is 9.53 Å². The van der Waals surface area contributed by atoms with Crippen LogP contribution >= 0.6 is 0 Å². The van der Waals surface area contributed by atoms with Gasteiger partial charge >= 0.3 is 5.97 Å². The number of esters is 1. The SMILES string of the molecule is CCCCC1(C(=O)OC)N=CN(CCC)C1C1CCC(C(c2cccc(F)c2)N(C)C)CC1. The third kappa shape index (κ3) is 5.42. The molecule has 1 aromatic carbocycles. The van der Waals surface area contributed by atoms with E-state index in [1.54, 1.807) is 6.07 Å². The third-order valence-corrected chi connectivity index (χ3v) is 7.67. The molecule has 0 aromatic heterocycles. The highest BCUT2D eigenvalue weighted by Crippen LogP contribution is 2.46. The number of carbonyl (C=O) groups is 1. The van der Waals surface area contributed by atoms with Gasteiger partial charge in [-0.1, -0.05) is 38.8 Å². The molecular weight excluding hydrogens is 417 g/mol. The largest absolute Gasteiger partial charge is 0.467 e. The Labute approximate surface area is 199 Å². The smallest absolute Gasteiger partial charge is 0.335 e. The molecule has 0 N–H and O–H groups in total. The highest BCUT2D eigenvalue weighted by molar-refractivity contribution is 5.86. The summed E-state index contributed by atoms with van der Waals surface area (Å²) < 4.78 is 19.3. The van der Waals surface area contributed by atoms with E-state index >= 15 is 0 Å². The first-order valence-corrected chi connectivity index (χ1v) is 12.7. The summed E-state index contributed by atoms with van der Waals surface area (Å²) in [5.74, 6) is 0.485. The highest BCUT2D eigenvalue weighted by Gasteiger charge is 2.54. The molecule has 1 aliphatic carbocycles. The maximum absolute atomic E-state index is 14.0. The number of methoxy groups -OCH3 is 1. The molecule has 1 aromatic rings. The van der Waals surface area contributed by atoms with Crippen molar-refractivity contribution in [2.45, 2.75) is 82.8 Å². The Morgan fingerprint density at radius 3 is 2.55 bits per heavy atom. The summed E-state index contributed by atoms with van der Waals surface area (Å²) in [6.45, 7) is 5.23. The monoisotopic (exact) mass is 459 g/mol. The van der Waals surface area contributed by atoms with Crippen molar-refractivity contribution in [3.05, 3.63) is 35.6 Å². The third-order valence-electron chi connectivity index (χ3n) is 7.67. The summed E-state index contributed by atoms with van der Waals surface area (Å²) in [7, 11) is 5.66. The van der Waals surface area contributed by atoms with Crippen LogP contribution in [0.15, 0.2) is 29.3 Å². The summed E-state index contributed by atoms with van der Waals surface area (Å²) in [6, 6.07) is 7.29. The number of ether oxygens (including phenoxy) is 1. The van der Waals surface area contributed by atoms with E-state index in [1.165, 1.54) is 13.2 Å². The summed E-state index contributed by atoms with van der Waals surface area (Å²) in [5, 5.41) is 0. The van der Waals surface area contributed by atoms with Crippen LogP contribution in [0.4, 0.5) is 4.39 Å². The van der Waals surface area contributed by atoms with Gasteiger partial charge in [-0.05, 0) is 82.2 Å². The molecule has 33 heavy (non-hydrogen) atoms. The predicted molar refractivity (Wildman–Crippen MR) is 132 cm³/mol. The number of hydrogen-bond acceptors (Lipinski definition) is 5. The number of carbonyl (C=O) groups excluding carboxylic acids is 1. The minimum atomic E-state index is -0.791. The van der Waals surface area contributed by atoms with Gasteiger partial charge in [0.25, 0.3) is 0 Å². The fourth-order valence-electron chi connectivity index (χ4n) is 6.29. The van der Waals surface area contributed by atoms with Crippen molar-refractivity contribution in [1.29, 1.82) is 0 Å². The van der Waals surface area contributed by atoms with Crippen molar-refractivity contribution < 1.29 is 13.9 Å².